The van der Waals surface area contributed by atoms with Crippen LogP contribution in [-0.2, 0) is 21.4 Å². The van der Waals surface area contributed by atoms with Gasteiger partial charge in [0.15, 0.2) is 5.16 Å². The summed E-state index contributed by atoms with van der Waals surface area (Å²) >= 11 is 1.18. The Hall–Kier alpha value is -2.11. The summed E-state index contributed by atoms with van der Waals surface area (Å²) in [6, 6.07) is 6.27. The molecule has 1 saturated carbocycles. The fraction of sp³-hybridized carbons (Fsp3) is 0.571. The molecule has 1 aliphatic carbocycles. The van der Waals surface area contributed by atoms with Gasteiger partial charge in [-0.1, -0.05) is 44.4 Å². The van der Waals surface area contributed by atoms with Crippen molar-refractivity contribution in [1.29, 1.82) is 0 Å². The number of anilines is 1. The Morgan fingerprint density at radius 2 is 1.94 bits per heavy atom. The molecule has 3 rings (SSSR count). The van der Waals surface area contributed by atoms with Crippen molar-refractivity contribution in [3.8, 4) is 0 Å². The fourth-order valence-electron chi connectivity index (χ4n) is 3.77. The number of aromatic nitrogens is 3. The quantitative estimate of drug-likeness (QED) is 0.504. The Morgan fingerprint density at radius 3 is 2.59 bits per heavy atom. The molecule has 0 unspecified atom stereocenters. The third-order valence-electron chi connectivity index (χ3n) is 5.69. The van der Waals surface area contributed by atoms with Gasteiger partial charge in [-0.05, 0) is 43.5 Å². The molecular formula is C21H31N5O4S2. The zero-order valence-corrected chi connectivity index (χ0v) is 20.2. The lowest BCUT2D eigenvalue weighted by molar-refractivity contribution is -0.113. The maximum Gasteiger partial charge on any atom is 0.343 e. The third-order valence-corrected chi connectivity index (χ3v) is 8.60. The van der Waals surface area contributed by atoms with Crippen molar-refractivity contribution in [3.05, 3.63) is 34.7 Å². The highest BCUT2D eigenvalue weighted by molar-refractivity contribution is 7.99. The van der Waals surface area contributed by atoms with Crippen LogP contribution in [0.3, 0.4) is 0 Å². The van der Waals surface area contributed by atoms with Crippen molar-refractivity contribution in [1.82, 2.24) is 19.1 Å². The molecule has 2 N–H and O–H groups in total. The van der Waals surface area contributed by atoms with E-state index in [2.05, 4.69) is 15.5 Å². The monoisotopic (exact) mass is 481 g/mol. The number of aromatic amines is 1. The Labute approximate surface area is 193 Å². The summed E-state index contributed by atoms with van der Waals surface area (Å²) in [7, 11) is -1.92. The number of hydrogen-bond acceptors (Lipinski definition) is 6. The lowest BCUT2D eigenvalue weighted by Crippen LogP contribution is -2.38. The van der Waals surface area contributed by atoms with Crippen molar-refractivity contribution in [2.45, 2.75) is 74.5 Å². The molecule has 0 aliphatic heterocycles. The minimum atomic E-state index is -3.57. The summed E-state index contributed by atoms with van der Waals surface area (Å²) in [6.07, 6.45) is 6.86. The predicted molar refractivity (Wildman–Crippen MR) is 125 cm³/mol. The predicted octanol–water partition coefficient (Wildman–Crippen LogP) is 3.06. The van der Waals surface area contributed by atoms with E-state index in [9.17, 15) is 18.0 Å². The standard InChI is InChI=1S/C21H31N5O4S2/c1-3-4-14-26-20(28)23-24-21(26)31-15-19(27)22-16-10-12-18(13-11-16)32(29,30)25(2)17-8-6-5-7-9-17/h10-13,17H,3-9,14-15H2,1-2H3,(H,22,27)(H,23,28). The number of benzene rings is 1. The number of H-pyrrole nitrogens is 1. The largest absolute Gasteiger partial charge is 0.343 e. The Morgan fingerprint density at radius 1 is 1.25 bits per heavy atom. The molecule has 0 radical (unpaired) electrons. The van der Waals surface area contributed by atoms with Crippen molar-refractivity contribution in [2.75, 3.05) is 18.1 Å². The van der Waals surface area contributed by atoms with E-state index >= 15 is 0 Å². The van der Waals surface area contributed by atoms with E-state index in [1.165, 1.54) is 32.8 Å². The molecule has 1 heterocycles. The lowest BCUT2D eigenvalue weighted by atomic mass is 9.96. The van der Waals surface area contributed by atoms with Gasteiger partial charge >= 0.3 is 5.69 Å². The van der Waals surface area contributed by atoms with Gasteiger partial charge in [-0.3, -0.25) is 9.36 Å². The van der Waals surface area contributed by atoms with Crippen LogP contribution in [0.15, 0.2) is 39.1 Å². The van der Waals surface area contributed by atoms with Crippen molar-refractivity contribution >= 4 is 33.4 Å². The molecule has 32 heavy (non-hydrogen) atoms. The van der Waals surface area contributed by atoms with Crippen molar-refractivity contribution in [2.24, 2.45) is 0 Å². The number of carbonyl (C=O) groups is 1. The van der Waals surface area contributed by atoms with Gasteiger partial charge in [-0.2, -0.15) is 4.31 Å². The first-order valence-electron chi connectivity index (χ1n) is 11.0. The van der Waals surface area contributed by atoms with Gasteiger partial charge < -0.3 is 5.32 Å². The smallest absolute Gasteiger partial charge is 0.325 e. The van der Waals surface area contributed by atoms with Crippen LogP contribution in [0, 0.1) is 0 Å². The van der Waals surface area contributed by atoms with Gasteiger partial charge in [0.2, 0.25) is 15.9 Å². The minimum absolute atomic E-state index is 0.0434. The molecule has 1 fully saturated rings. The van der Waals surface area contributed by atoms with Crippen LogP contribution < -0.4 is 11.0 Å². The first-order chi connectivity index (χ1) is 15.3. The molecule has 176 valence electrons. The molecule has 1 aromatic carbocycles. The normalized spacial score (nSPS) is 15.2. The van der Waals surface area contributed by atoms with Gasteiger partial charge in [0, 0.05) is 25.3 Å². The first-order valence-corrected chi connectivity index (χ1v) is 13.4. The zero-order chi connectivity index (χ0) is 23.1. The van der Waals surface area contributed by atoms with E-state index in [0.717, 1.165) is 44.9 Å². The van der Waals surface area contributed by atoms with E-state index in [0.29, 0.717) is 17.4 Å². The number of nitrogens with one attached hydrogen (secondary N) is 2. The Bertz CT molecular complexity index is 1060. The fourth-order valence-corrected chi connectivity index (χ4v) is 5.96. The number of rotatable bonds is 10. The molecule has 0 saturated heterocycles. The number of carbonyl (C=O) groups excluding carboxylic acids is 1. The van der Waals surface area contributed by atoms with Gasteiger partial charge in [-0.25, -0.2) is 18.3 Å². The maximum atomic E-state index is 12.9. The van der Waals surface area contributed by atoms with Crippen LogP contribution in [0.1, 0.15) is 51.9 Å². The second kappa shape index (κ2) is 11.2. The number of nitrogens with zero attached hydrogens (tertiary/aromatic N) is 3. The summed E-state index contributed by atoms with van der Waals surface area (Å²) in [5.74, 6) is -0.177. The molecule has 1 aliphatic rings. The van der Waals surface area contributed by atoms with Gasteiger partial charge in [0.25, 0.3) is 0 Å². The number of hydrogen-bond donors (Lipinski definition) is 2. The summed E-state index contributed by atoms with van der Waals surface area (Å²) in [5.41, 5.74) is 0.233. The molecule has 9 nitrogen and oxygen atoms in total. The van der Waals surface area contributed by atoms with E-state index < -0.39 is 10.0 Å². The number of unbranched alkanes of at least 4 members (excludes halogenated alkanes) is 1. The number of amides is 1. The zero-order valence-electron chi connectivity index (χ0n) is 18.5. The Balaban J connectivity index is 1.57. The highest BCUT2D eigenvalue weighted by Crippen LogP contribution is 2.27. The molecule has 1 amide bonds. The first kappa shape index (κ1) is 24.5. The highest BCUT2D eigenvalue weighted by atomic mass is 32.2. The molecule has 1 aromatic heterocycles. The number of sulfonamides is 1. The maximum absolute atomic E-state index is 12.9. The average molecular weight is 482 g/mol. The van der Waals surface area contributed by atoms with E-state index in [1.54, 1.807) is 19.2 Å². The van der Waals surface area contributed by atoms with Crippen LogP contribution in [-0.4, -0.2) is 52.2 Å². The summed E-state index contributed by atoms with van der Waals surface area (Å²) in [6.45, 7) is 2.59. The molecule has 0 atom stereocenters. The van der Waals surface area contributed by atoms with Crippen LogP contribution in [0.4, 0.5) is 5.69 Å². The molecular weight excluding hydrogens is 450 g/mol. The SMILES string of the molecule is CCCCn1c(SCC(=O)Nc2ccc(S(=O)(=O)N(C)C3CCCCC3)cc2)n[nH]c1=O. The molecule has 0 spiro atoms. The van der Waals surface area contributed by atoms with E-state index in [4.69, 9.17) is 0 Å². The molecule has 0 bridgehead atoms. The molecule has 11 heteroatoms. The Kier molecular flexibility index (Phi) is 8.55. The lowest BCUT2D eigenvalue weighted by Gasteiger charge is -2.30. The second-order valence-electron chi connectivity index (χ2n) is 7.99. The number of thioether (sulfide) groups is 1. The van der Waals surface area contributed by atoms with Gasteiger partial charge in [0.1, 0.15) is 0 Å². The van der Waals surface area contributed by atoms with Crippen molar-refractivity contribution in [3.63, 3.8) is 0 Å². The van der Waals surface area contributed by atoms with E-state index in [-0.39, 0.29) is 28.3 Å². The topological polar surface area (TPSA) is 117 Å². The van der Waals surface area contributed by atoms with Crippen LogP contribution in [0.5, 0.6) is 0 Å². The second-order valence-corrected chi connectivity index (χ2v) is 10.9. The van der Waals surface area contributed by atoms with Gasteiger partial charge in [0.05, 0.1) is 10.6 Å². The summed E-state index contributed by atoms with van der Waals surface area (Å²) < 4.78 is 28.9. The van der Waals surface area contributed by atoms with Crippen LogP contribution in [0.2, 0.25) is 0 Å². The van der Waals surface area contributed by atoms with Crippen molar-refractivity contribution < 1.29 is 13.2 Å². The molecule has 2 aromatic rings. The van der Waals surface area contributed by atoms with E-state index in [1.807, 2.05) is 6.92 Å². The average Bonchev–Trinajstić information content (AvgIpc) is 3.15. The van der Waals surface area contributed by atoms with Gasteiger partial charge in [-0.15, -0.1) is 5.10 Å². The summed E-state index contributed by atoms with van der Waals surface area (Å²) in [4.78, 5) is 24.4. The summed E-state index contributed by atoms with van der Waals surface area (Å²) in [5, 5.41) is 9.63. The highest BCUT2D eigenvalue weighted by Gasteiger charge is 2.28. The third kappa shape index (κ3) is 6.02. The van der Waals surface area contributed by atoms with Crippen LogP contribution in [0.25, 0.3) is 0 Å². The van der Waals surface area contributed by atoms with Crippen LogP contribution >= 0.6 is 11.8 Å². The minimum Gasteiger partial charge on any atom is -0.325 e.